The van der Waals surface area contributed by atoms with Gasteiger partial charge in [-0.15, -0.1) is 0 Å². The molecule has 1 aliphatic rings. The Bertz CT molecular complexity index is 774. The van der Waals surface area contributed by atoms with Crippen molar-refractivity contribution in [2.24, 2.45) is 4.99 Å². The number of ether oxygens (including phenoxy) is 1. The van der Waals surface area contributed by atoms with E-state index in [1.165, 1.54) is 31.0 Å². The largest absolute Gasteiger partial charge is 0.495 e. The molecule has 1 saturated heterocycles. The number of nitrogens with zero attached hydrogens (tertiary/aromatic N) is 2. The van der Waals surface area contributed by atoms with Gasteiger partial charge in [-0.1, -0.05) is 42.1 Å². The van der Waals surface area contributed by atoms with Gasteiger partial charge in [-0.2, -0.15) is 0 Å². The second-order valence-corrected chi connectivity index (χ2v) is 7.26. The predicted molar refractivity (Wildman–Crippen MR) is 113 cm³/mol. The molecule has 6 heteroatoms. The molecule has 1 N–H and O–H groups in total. The Labute approximate surface area is 164 Å². The van der Waals surface area contributed by atoms with Crippen LogP contribution in [0, 0.1) is 0 Å². The van der Waals surface area contributed by atoms with Crippen molar-refractivity contribution in [3.05, 3.63) is 54.6 Å². The number of anilines is 1. The van der Waals surface area contributed by atoms with Crippen LogP contribution in [-0.4, -0.2) is 41.9 Å². The van der Waals surface area contributed by atoms with Crippen molar-refractivity contribution in [2.75, 3.05) is 31.3 Å². The molecule has 0 bridgehead atoms. The normalized spacial score (nSPS) is 14.7. The fourth-order valence-electron chi connectivity index (χ4n) is 2.96. The third-order valence-corrected chi connectivity index (χ3v) is 5.34. The Morgan fingerprint density at radius 1 is 1.07 bits per heavy atom. The number of carbonyl (C=O) groups is 1. The SMILES string of the molecule is COc1ccccc1NC(=O)CSC(=Nc1ccccc1)N1CCCCC1. The summed E-state index contributed by atoms with van der Waals surface area (Å²) in [6.07, 6.45) is 3.59. The number of amides is 1. The number of nitrogens with one attached hydrogen (secondary N) is 1. The smallest absolute Gasteiger partial charge is 0.234 e. The Kier molecular flexibility index (Phi) is 7.16. The molecule has 3 rings (SSSR count). The maximum atomic E-state index is 12.5. The molecular formula is C21H25N3O2S. The van der Waals surface area contributed by atoms with Gasteiger partial charge in [0.1, 0.15) is 5.75 Å². The number of hydrogen-bond acceptors (Lipinski definition) is 4. The van der Waals surface area contributed by atoms with Crippen molar-refractivity contribution < 1.29 is 9.53 Å². The number of hydrogen-bond donors (Lipinski definition) is 1. The number of likely N-dealkylation sites (tertiary alicyclic amines) is 1. The summed E-state index contributed by atoms with van der Waals surface area (Å²) in [5, 5.41) is 3.84. The molecule has 0 aromatic heterocycles. The van der Waals surface area contributed by atoms with Crippen molar-refractivity contribution in [2.45, 2.75) is 19.3 Å². The van der Waals surface area contributed by atoms with E-state index in [1.54, 1.807) is 7.11 Å². The second kappa shape index (κ2) is 10.0. The van der Waals surface area contributed by atoms with Gasteiger partial charge in [0.15, 0.2) is 5.17 Å². The number of methoxy groups -OCH3 is 1. The molecule has 2 aromatic rings. The highest BCUT2D eigenvalue weighted by Crippen LogP contribution is 2.24. The number of thioether (sulfide) groups is 1. The van der Waals surface area contributed by atoms with Crippen LogP contribution < -0.4 is 10.1 Å². The summed E-state index contributed by atoms with van der Waals surface area (Å²) in [7, 11) is 1.60. The summed E-state index contributed by atoms with van der Waals surface area (Å²) in [6, 6.07) is 17.3. The van der Waals surface area contributed by atoms with Gasteiger partial charge >= 0.3 is 0 Å². The van der Waals surface area contributed by atoms with Crippen LogP contribution in [0.4, 0.5) is 11.4 Å². The van der Waals surface area contributed by atoms with Gasteiger partial charge in [-0.25, -0.2) is 4.99 Å². The fraction of sp³-hybridized carbons (Fsp3) is 0.333. The molecule has 1 aliphatic heterocycles. The highest BCUT2D eigenvalue weighted by molar-refractivity contribution is 8.14. The highest BCUT2D eigenvalue weighted by Gasteiger charge is 2.17. The number of piperidine rings is 1. The molecule has 27 heavy (non-hydrogen) atoms. The first kappa shape index (κ1) is 19.3. The van der Waals surface area contributed by atoms with Gasteiger partial charge in [0, 0.05) is 13.1 Å². The van der Waals surface area contributed by atoms with Crippen LogP contribution in [0.15, 0.2) is 59.6 Å². The third kappa shape index (κ3) is 5.76. The zero-order valence-corrected chi connectivity index (χ0v) is 16.4. The average Bonchev–Trinajstić information content (AvgIpc) is 2.73. The fourth-order valence-corrected chi connectivity index (χ4v) is 3.82. The van der Waals surface area contributed by atoms with E-state index in [-0.39, 0.29) is 5.91 Å². The molecule has 1 amide bonds. The topological polar surface area (TPSA) is 53.9 Å². The summed E-state index contributed by atoms with van der Waals surface area (Å²) >= 11 is 1.49. The van der Waals surface area contributed by atoms with Crippen LogP contribution in [0.5, 0.6) is 5.75 Å². The summed E-state index contributed by atoms with van der Waals surface area (Å²) in [5.74, 6) is 0.896. The molecular weight excluding hydrogens is 358 g/mol. The highest BCUT2D eigenvalue weighted by atomic mass is 32.2. The molecule has 0 radical (unpaired) electrons. The van der Waals surface area contributed by atoms with E-state index < -0.39 is 0 Å². The summed E-state index contributed by atoms with van der Waals surface area (Å²) < 4.78 is 5.29. The molecule has 0 aliphatic carbocycles. The molecule has 2 aromatic carbocycles. The lowest BCUT2D eigenvalue weighted by Gasteiger charge is -2.29. The maximum absolute atomic E-state index is 12.5. The number of aliphatic imine (C=N–C) groups is 1. The first-order valence-electron chi connectivity index (χ1n) is 9.20. The molecule has 1 heterocycles. The van der Waals surface area contributed by atoms with Gasteiger partial charge in [-0.05, 0) is 43.5 Å². The number of benzene rings is 2. The average molecular weight is 384 g/mol. The molecule has 0 atom stereocenters. The van der Waals surface area contributed by atoms with Crippen LogP contribution >= 0.6 is 11.8 Å². The molecule has 0 saturated carbocycles. The molecule has 142 valence electrons. The van der Waals surface area contributed by atoms with Crippen molar-refractivity contribution in [1.82, 2.24) is 4.90 Å². The molecule has 1 fully saturated rings. The van der Waals surface area contributed by atoms with Gasteiger partial charge in [-0.3, -0.25) is 4.79 Å². The minimum atomic E-state index is -0.0673. The maximum Gasteiger partial charge on any atom is 0.234 e. The van der Waals surface area contributed by atoms with Crippen molar-refractivity contribution in [3.8, 4) is 5.75 Å². The summed E-state index contributed by atoms with van der Waals surface area (Å²) in [4.78, 5) is 19.5. The summed E-state index contributed by atoms with van der Waals surface area (Å²) in [6.45, 7) is 1.99. The Balaban J connectivity index is 1.67. The molecule has 0 spiro atoms. The standard InChI is InChI=1S/C21H25N3O2S/c1-26-19-13-7-6-12-18(19)23-20(25)16-27-21(24-14-8-3-9-15-24)22-17-10-4-2-5-11-17/h2,4-7,10-13H,3,8-9,14-16H2,1H3,(H,23,25). The van der Waals surface area contributed by atoms with Gasteiger partial charge < -0.3 is 15.0 Å². The number of para-hydroxylation sites is 3. The predicted octanol–water partition coefficient (Wildman–Crippen LogP) is 4.54. The van der Waals surface area contributed by atoms with Crippen LogP contribution in [0.3, 0.4) is 0 Å². The lowest BCUT2D eigenvalue weighted by atomic mass is 10.1. The quantitative estimate of drug-likeness (QED) is 0.608. The third-order valence-electron chi connectivity index (χ3n) is 4.32. The monoisotopic (exact) mass is 383 g/mol. The van der Waals surface area contributed by atoms with Crippen molar-refractivity contribution >= 4 is 34.2 Å². The molecule has 5 nitrogen and oxygen atoms in total. The van der Waals surface area contributed by atoms with E-state index >= 15 is 0 Å². The number of amidine groups is 1. The Hall–Kier alpha value is -2.47. The van der Waals surface area contributed by atoms with Crippen molar-refractivity contribution in [3.63, 3.8) is 0 Å². The van der Waals surface area contributed by atoms with E-state index in [1.807, 2.05) is 54.6 Å². The first-order chi connectivity index (χ1) is 13.3. The van der Waals surface area contributed by atoms with Crippen LogP contribution in [0.2, 0.25) is 0 Å². The minimum absolute atomic E-state index is 0.0673. The first-order valence-corrected chi connectivity index (χ1v) is 10.2. The molecule has 0 unspecified atom stereocenters. The minimum Gasteiger partial charge on any atom is -0.495 e. The zero-order chi connectivity index (χ0) is 18.9. The zero-order valence-electron chi connectivity index (χ0n) is 15.6. The van der Waals surface area contributed by atoms with E-state index in [2.05, 4.69) is 10.2 Å². The van der Waals surface area contributed by atoms with Crippen molar-refractivity contribution in [1.29, 1.82) is 0 Å². The van der Waals surface area contributed by atoms with Gasteiger partial charge in [0.05, 0.1) is 24.2 Å². The van der Waals surface area contributed by atoms with Crippen LogP contribution in [0.1, 0.15) is 19.3 Å². The van der Waals surface area contributed by atoms with Gasteiger partial charge in [0.2, 0.25) is 5.91 Å². The second-order valence-electron chi connectivity index (χ2n) is 6.31. The van der Waals surface area contributed by atoms with E-state index in [4.69, 9.17) is 9.73 Å². The number of carbonyl (C=O) groups excluding carboxylic acids is 1. The Morgan fingerprint density at radius 3 is 2.52 bits per heavy atom. The Morgan fingerprint density at radius 2 is 1.78 bits per heavy atom. The lowest BCUT2D eigenvalue weighted by Crippen LogP contribution is -2.34. The number of rotatable bonds is 5. The van der Waals surface area contributed by atoms with Crippen LogP contribution in [-0.2, 0) is 4.79 Å². The van der Waals surface area contributed by atoms with Gasteiger partial charge in [0.25, 0.3) is 0 Å². The van der Waals surface area contributed by atoms with E-state index in [9.17, 15) is 4.79 Å². The van der Waals surface area contributed by atoms with E-state index in [0.29, 0.717) is 17.2 Å². The lowest BCUT2D eigenvalue weighted by molar-refractivity contribution is -0.113. The van der Waals surface area contributed by atoms with E-state index in [0.717, 1.165) is 23.9 Å². The van der Waals surface area contributed by atoms with Crippen LogP contribution in [0.25, 0.3) is 0 Å². The summed E-state index contributed by atoms with van der Waals surface area (Å²) in [5.41, 5.74) is 1.60.